The number of nitrogens with two attached hydrogens (primary N) is 1. The van der Waals surface area contributed by atoms with E-state index >= 15 is 0 Å². The molecule has 0 aromatic carbocycles. The fraction of sp³-hybridized carbons (Fsp3) is 0.917. The van der Waals surface area contributed by atoms with Crippen molar-refractivity contribution in [2.45, 2.75) is 31.8 Å². The van der Waals surface area contributed by atoms with E-state index in [1.54, 1.807) is 11.8 Å². The fourth-order valence-corrected chi connectivity index (χ4v) is 2.77. The summed E-state index contributed by atoms with van der Waals surface area (Å²) in [6.45, 7) is 4.97. The van der Waals surface area contributed by atoms with Crippen LogP contribution in [0.1, 0.15) is 19.8 Å². The molecule has 1 aliphatic heterocycles. The van der Waals surface area contributed by atoms with Crippen LogP contribution in [-0.4, -0.2) is 66.5 Å². The van der Waals surface area contributed by atoms with Crippen molar-refractivity contribution in [2.75, 3.05) is 38.7 Å². The standard InChI is InChI=1S/C12H25N3OS/c1-10-9-14(2)6-4-7-15(10)12(16)11(13)5-8-17-3/h10-11H,4-9,13H2,1-3H3/t10?,11-/m1/s1. The highest BCUT2D eigenvalue weighted by Crippen LogP contribution is 2.11. The highest BCUT2D eigenvalue weighted by Gasteiger charge is 2.27. The number of thioether (sulfide) groups is 1. The van der Waals surface area contributed by atoms with Gasteiger partial charge in [-0.25, -0.2) is 0 Å². The van der Waals surface area contributed by atoms with Crippen LogP contribution in [0.15, 0.2) is 0 Å². The third-order valence-corrected chi connectivity index (χ3v) is 3.92. The predicted octanol–water partition coefficient (Wildman–Crippen LogP) is 0.619. The van der Waals surface area contributed by atoms with E-state index in [9.17, 15) is 4.79 Å². The Bertz CT molecular complexity index is 250. The van der Waals surface area contributed by atoms with Gasteiger partial charge >= 0.3 is 0 Å². The summed E-state index contributed by atoms with van der Waals surface area (Å²) < 4.78 is 0. The van der Waals surface area contributed by atoms with Gasteiger partial charge in [0.15, 0.2) is 0 Å². The smallest absolute Gasteiger partial charge is 0.239 e. The van der Waals surface area contributed by atoms with Gasteiger partial charge in [-0.1, -0.05) is 0 Å². The first-order valence-electron chi connectivity index (χ1n) is 6.29. The maximum absolute atomic E-state index is 12.2. The van der Waals surface area contributed by atoms with E-state index in [1.807, 2.05) is 11.2 Å². The zero-order chi connectivity index (χ0) is 12.8. The number of nitrogens with zero attached hydrogens (tertiary/aromatic N) is 2. The topological polar surface area (TPSA) is 49.6 Å². The molecule has 0 aliphatic carbocycles. The van der Waals surface area contributed by atoms with Crippen molar-refractivity contribution in [2.24, 2.45) is 5.73 Å². The number of hydrogen-bond donors (Lipinski definition) is 1. The van der Waals surface area contributed by atoms with Crippen molar-refractivity contribution in [3.63, 3.8) is 0 Å². The summed E-state index contributed by atoms with van der Waals surface area (Å²) in [5.74, 6) is 1.08. The Morgan fingerprint density at radius 3 is 2.88 bits per heavy atom. The second-order valence-electron chi connectivity index (χ2n) is 4.88. The molecule has 0 saturated carbocycles. The quantitative estimate of drug-likeness (QED) is 0.804. The number of carbonyl (C=O) groups is 1. The number of amides is 1. The molecule has 0 spiro atoms. The Labute approximate surface area is 109 Å². The molecular weight excluding hydrogens is 234 g/mol. The molecule has 1 saturated heterocycles. The number of likely N-dealkylation sites (N-methyl/N-ethyl adjacent to an activating group) is 1. The van der Waals surface area contributed by atoms with Crippen LogP contribution in [-0.2, 0) is 4.79 Å². The lowest BCUT2D eigenvalue weighted by Crippen LogP contribution is -2.49. The Morgan fingerprint density at radius 1 is 1.53 bits per heavy atom. The fourth-order valence-electron chi connectivity index (χ4n) is 2.28. The maximum atomic E-state index is 12.2. The molecule has 2 atom stereocenters. The third kappa shape index (κ3) is 4.48. The van der Waals surface area contributed by atoms with Crippen LogP contribution in [0.3, 0.4) is 0 Å². The van der Waals surface area contributed by atoms with Gasteiger partial charge in [-0.3, -0.25) is 4.79 Å². The number of hydrogen-bond acceptors (Lipinski definition) is 4. The van der Waals surface area contributed by atoms with Crippen LogP contribution < -0.4 is 5.73 Å². The molecule has 1 aliphatic rings. The number of rotatable bonds is 4. The van der Waals surface area contributed by atoms with Gasteiger partial charge in [-0.15, -0.1) is 0 Å². The second kappa shape index (κ2) is 7.24. The minimum absolute atomic E-state index is 0.127. The summed E-state index contributed by atoms with van der Waals surface area (Å²) in [6.07, 6.45) is 3.86. The summed E-state index contributed by atoms with van der Waals surface area (Å²) in [6, 6.07) is -0.0522. The lowest BCUT2D eigenvalue weighted by Gasteiger charge is -2.30. The molecule has 4 nitrogen and oxygen atoms in total. The molecule has 5 heteroatoms. The van der Waals surface area contributed by atoms with Gasteiger partial charge in [-0.2, -0.15) is 11.8 Å². The van der Waals surface area contributed by atoms with Crippen molar-refractivity contribution in [1.82, 2.24) is 9.80 Å². The molecule has 1 amide bonds. The van der Waals surface area contributed by atoms with Gasteiger partial charge in [-0.05, 0) is 45.4 Å². The van der Waals surface area contributed by atoms with Gasteiger partial charge < -0.3 is 15.5 Å². The van der Waals surface area contributed by atoms with Crippen LogP contribution in [0.25, 0.3) is 0 Å². The largest absolute Gasteiger partial charge is 0.337 e. The lowest BCUT2D eigenvalue weighted by atomic mass is 10.1. The van der Waals surface area contributed by atoms with Gasteiger partial charge in [0.2, 0.25) is 5.91 Å². The van der Waals surface area contributed by atoms with E-state index in [2.05, 4.69) is 18.9 Å². The van der Waals surface area contributed by atoms with E-state index in [1.165, 1.54) is 0 Å². The predicted molar refractivity (Wildman–Crippen MR) is 74.3 cm³/mol. The zero-order valence-corrected chi connectivity index (χ0v) is 12.0. The molecule has 17 heavy (non-hydrogen) atoms. The van der Waals surface area contributed by atoms with Crippen molar-refractivity contribution >= 4 is 17.7 Å². The van der Waals surface area contributed by atoms with Crippen LogP contribution in [0.4, 0.5) is 0 Å². The van der Waals surface area contributed by atoms with Crippen molar-refractivity contribution < 1.29 is 4.79 Å². The molecular formula is C12H25N3OS. The first-order valence-corrected chi connectivity index (χ1v) is 7.69. The van der Waals surface area contributed by atoms with Crippen LogP contribution in [0, 0.1) is 0 Å². The summed E-state index contributed by atoms with van der Waals surface area (Å²) in [5.41, 5.74) is 5.96. The Kier molecular flexibility index (Phi) is 6.30. The molecule has 2 N–H and O–H groups in total. The highest BCUT2D eigenvalue weighted by atomic mass is 32.2. The average molecular weight is 259 g/mol. The monoisotopic (exact) mass is 259 g/mol. The van der Waals surface area contributed by atoms with Gasteiger partial charge in [0, 0.05) is 19.1 Å². The molecule has 1 fully saturated rings. The minimum atomic E-state index is -0.326. The average Bonchev–Trinajstić information content (AvgIpc) is 2.46. The molecule has 1 unspecified atom stereocenters. The van der Waals surface area contributed by atoms with Crippen LogP contribution in [0.5, 0.6) is 0 Å². The van der Waals surface area contributed by atoms with Crippen molar-refractivity contribution in [3.8, 4) is 0 Å². The van der Waals surface area contributed by atoms with Gasteiger partial charge in [0.1, 0.15) is 0 Å². The number of carbonyl (C=O) groups excluding carboxylic acids is 1. The summed E-state index contributed by atoms with van der Waals surface area (Å²) >= 11 is 1.74. The lowest BCUT2D eigenvalue weighted by molar-refractivity contribution is -0.134. The SMILES string of the molecule is CSCC[C@@H](N)C(=O)N1CCCN(C)CC1C. The Morgan fingerprint density at radius 2 is 2.24 bits per heavy atom. The van der Waals surface area contributed by atoms with Crippen LogP contribution >= 0.6 is 11.8 Å². The van der Waals surface area contributed by atoms with Crippen LogP contribution in [0.2, 0.25) is 0 Å². The molecule has 0 bridgehead atoms. The van der Waals surface area contributed by atoms with Gasteiger partial charge in [0.25, 0.3) is 0 Å². The summed E-state index contributed by atoms with van der Waals surface area (Å²) in [4.78, 5) is 16.5. The van der Waals surface area contributed by atoms with E-state index in [0.29, 0.717) is 0 Å². The normalized spacial score (nSPS) is 24.5. The molecule has 0 aromatic rings. The summed E-state index contributed by atoms with van der Waals surface area (Å²) in [7, 11) is 2.11. The molecule has 1 heterocycles. The second-order valence-corrected chi connectivity index (χ2v) is 5.87. The third-order valence-electron chi connectivity index (χ3n) is 3.28. The minimum Gasteiger partial charge on any atom is -0.337 e. The Balaban J connectivity index is 2.54. The molecule has 0 aromatic heterocycles. The van der Waals surface area contributed by atoms with E-state index < -0.39 is 0 Å². The Hall–Kier alpha value is -0.260. The zero-order valence-electron chi connectivity index (χ0n) is 11.2. The van der Waals surface area contributed by atoms with Crippen molar-refractivity contribution in [1.29, 1.82) is 0 Å². The molecule has 0 radical (unpaired) electrons. The van der Waals surface area contributed by atoms with Crippen molar-refractivity contribution in [3.05, 3.63) is 0 Å². The molecule has 1 rings (SSSR count). The van der Waals surface area contributed by atoms with E-state index in [4.69, 9.17) is 5.73 Å². The first-order chi connectivity index (χ1) is 8.06. The first kappa shape index (κ1) is 14.8. The van der Waals surface area contributed by atoms with E-state index in [0.717, 1.165) is 38.2 Å². The highest BCUT2D eigenvalue weighted by molar-refractivity contribution is 7.98. The van der Waals surface area contributed by atoms with E-state index in [-0.39, 0.29) is 18.0 Å². The maximum Gasteiger partial charge on any atom is 0.239 e. The molecule has 100 valence electrons. The summed E-state index contributed by atoms with van der Waals surface area (Å²) in [5, 5.41) is 0. The van der Waals surface area contributed by atoms with Gasteiger partial charge in [0.05, 0.1) is 6.04 Å².